The molecule has 10 nitrogen and oxygen atoms in total. The molecule has 2 aliphatic rings. The van der Waals surface area contributed by atoms with E-state index in [-0.39, 0.29) is 23.6 Å². The maximum absolute atomic E-state index is 12.9. The number of ether oxygens (including phenoxy) is 1. The molecule has 1 aromatic carbocycles. The quantitative estimate of drug-likeness (QED) is 0.494. The highest BCUT2D eigenvalue weighted by Crippen LogP contribution is 2.29. The highest BCUT2D eigenvalue weighted by Gasteiger charge is 2.25. The normalized spacial score (nSPS) is 16.6. The van der Waals surface area contributed by atoms with Crippen LogP contribution >= 0.6 is 0 Å². The summed E-state index contributed by atoms with van der Waals surface area (Å²) >= 11 is 0. The summed E-state index contributed by atoms with van der Waals surface area (Å²) < 4.78 is 5.89. The first-order chi connectivity index (χ1) is 17.5. The van der Waals surface area contributed by atoms with Crippen LogP contribution in [0.25, 0.3) is 10.8 Å². The van der Waals surface area contributed by atoms with Gasteiger partial charge in [-0.3, -0.25) is 9.59 Å². The van der Waals surface area contributed by atoms with Crippen LogP contribution in [-0.2, 0) is 11.3 Å². The molecular formula is C26H29N7O3. The molecule has 0 bridgehead atoms. The van der Waals surface area contributed by atoms with Crippen LogP contribution in [-0.4, -0.2) is 64.3 Å². The summed E-state index contributed by atoms with van der Waals surface area (Å²) in [6.07, 6.45) is 4.33. The number of carbonyl (C=O) groups is 1. The number of nitrogens with zero attached hydrogens (tertiary/aromatic N) is 5. The molecule has 3 heterocycles. The highest BCUT2D eigenvalue weighted by molar-refractivity contribution is 5.85. The van der Waals surface area contributed by atoms with Crippen molar-refractivity contribution in [1.29, 1.82) is 5.26 Å². The van der Waals surface area contributed by atoms with Crippen LogP contribution in [0.3, 0.4) is 0 Å². The predicted octanol–water partition coefficient (Wildman–Crippen LogP) is 1.95. The number of benzene rings is 1. The molecule has 2 fully saturated rings. The van der Waals surface area contributed by atoms with Crippen molar-refractivity contribution in [3.8, 4) is 11.8 Å². The molecule has 3 aromatic rings. The minimum absolute atomic E-state index is 0.0644. The number of hydrogen-bond acceptors (Lipinski definition) is 8. The van der Waals surface area contributed by atoms with Gasteiger partial charge in [-0.25, -0.2) is 10.1 Å². The molecule has 1 amide bonds. The van der Waals surface area contributed by atoms with Crippen molar-refractivity contribution in [3.05, 3.63) is 58.1 Å². The fourth-order valence-corrected chi connectivity index (χ4v) is 4.34. The van der Waals surface area contributed by atoms with Crippen LogP contribution in [0.4, 0.5) is 5.82 Å². The number of aromatic amines is 1. The average Bonchev–Trinajstić information content (AvgIpc) is 3.72. The molecule has 5 rings (SSSR count). The van der Waals surface area contributed by atoms with Crippen LogP contribution in [0, 0.1) is 11.3 Å². The van der Waals surface area contributed by atoms with Gasteiger partial charge < -0.3 is 19.9 Å². The largest absolute Gasteiger partial charge is 0.490 e. The van der Waals surface area contributed by atoms with Gasteiger partial charge in [-0.1, -0.05) is 0 Å². The van der Waals surface area contributed by atoms with Crippen molar-refractivity contribution in [2.24, 2.45) is 0 Å². The first-order valence-corrected chi connectivity index (χ1v) is 12.3. The Kier molecular flexibility index (Phi) is 6.82. The maximum atomic E-state index is 12.9. The standard InChI is InChI=1S/C26H29N7O3/c1-17(12-25(34)33-10-8-32(9-11-33)24-7-2-18(14-27)15-29-24)28-16-23-22-13-20(36-19-3-4-19)5-6-21(22)26(35)31-30-23/h2,5-7,13,15,17,19,28H,3-4,8-12,16H2,1H3,(H,31,35). The molecule has 1 atom stereocenters. The molecule has 0 spiro atoms. The van der Waals surface area contributed by atoms with Gasteiger partial charge in [-0.15, -0.1) is 0 Å². The smallest absolute Gasteiger partial charge is 0.272 e. The first kappa shape index (κ1) is 23.8. The number of nitrogens with one attached hydrogen (secondary N) is 2. The summed E-state index contributed by atoms with van der Waals surface area (Å²) in [7, 11) is 0. The second kappa shape index (κ2) is 10.3. The molecule has 1 saturated heterocycles. The summed E-state index contributed by atoms with van der Waals surface area (Å²) in [6.45, 7) is 5.05. The Morgan fingerprint density at radius 1 is 1.22 bits per heavy atom. The molecule has 2 N–H and O–H groups in total. The van der Waals surface area contributed by atoms with Gasteiger partial charge in [0.15, 0.2) is 0 Å². The second-order valence-electron chi connectivity index (χ2n) is 9.39. The lowest BCUT2D eigenvalue weighted by atomic mass is 10.1. The van der Waals surface area contributed by atoms with Gasteiger partial charge in [0.2, 0.25) is 5.91 Å². The third kappa shape index (κ3) is 5.47. The number of amides is 1. The molecule has 36 heavy (non-hydrogen) atoms. The zero-order valence-corrected chi connectivity index (χ0v) is 20.2. The van der Waals surface area contributed by atoms with Gasteiger partial charge in [-0.05, 0) is 50.1 Å². The van der Waals surface area contributed by atoms with Crippen molar-refractivity contribution < 1.29 is 9.53 Å². The lowest BCUT2D eigenvalue weighted by Gasteiger charge is -2.36. The van der Waals surface area contributed by atoms with E-state index >= 15 is 0 Å². The van der Waals surface area contributed by atoms with Crippen molar-refractivity contribution in [2.45, 2.75) is 44.9 Å². The Balaban J connectivity index is 1.14. The number of aromatic nitrogens is 3. The Hall–Kier alpha value is -3.97. The second-order valence-corrected chi connectivity index (χ2v) is 9.39. The number of fused-ring (bicyclic) bond motifs is 1. The number of anilines is 1. The molecule has 0 radical (unpaired) electrons. The summed E-state index contributed by atoms with van der Waals surface area (Å²) in [5.41, 5.74) is 1.02. The number of H-pyrrole nitrogens is 1. The molecule has 1 saturated carbocycles. The number of rotatable bonds is 8. The lowest BCUT2D eigenvalue weighted by Crippen LogP contribution is -2.50. The monoisotopic (exact) mass is 487 g/mol. The molecule has 1 unspecified atom stereocenters. The number of piperazine rings is 1. The van der Waals surface area contributed by atoms with E-state index in [1.54, 1.807) is 18.3 Å². The Labute approximate surface area is 208 Å². The van der Waals surface area contributed by atoms with Crippen LogP contribution in [0.15, 0.2) is 41.3 Å². The Morgan fingerprint density at radius 3 is 2.72 bits per heavy atom. The third-order valence-electron chi connectivity index (χ3n) is 6.60. The van der Waals surface area contributed by atoms with Crippen molar-refractivity contribution in [2.75, 3.05) is 31.1 Å². The van der Waals surface area contributed by atoms with Gasteiger partial charge in [0, 0.05) is 56.8 Å². The van der Waals surface area contributed by atoms with E-state index in [9.17, 15) is 9.59 Å². The van der Waals surface area contributed by atoms with Crippen LogP contribution in [0.2, 0.25) is 0 Å². The summed E-state index contributed by atoms with van der Waals surface area (Å²) in [5, 5.41) is 20.5. The van der Waals surface area contributed by atoms with Gasteiger partial charge in [0.05, 0.1) is 22.7 Å². The summed E-state index contributed by atoms with van der Waals surface area (Å²) in [5.74, 6) is 1.67. The van der Waals surface area contributed by atoms with Crippen molar-refractivity contribution in [3.63, 3.8) is 0 Å². The van der Waals surface area contributed by atoms with Gasteiger partial charge in [0.1, 0.15) is 17.6 Å². The van der Waals surface area contributed by atoms with E-state index in [2.05, 4.69) is 31.5 Å². The molecule has 10 heteroatoms. The third-order valence-corrected chi connectivity index (χ3v) is 6.60. The van der Waals surface area contributed by atoms with E-state index < -0.39 is 0 Å². The average molecular weight is 488 g/mol. The van der Waals surface area contributed by atoms with Crippen LogP contribution < -0.4 is 20.5 Å². The molecule has 1 aliphatic heterocycles. The zero-order chi connectivity index (χ0) is 25.1. The fourth-order valence-electron chi connectivity index (χ4n) is 4.34. The minimum Gasteiger partial charge on any atom is -0.490 e. The number of pyridine rings is 1. The lowest BCUT2D eigenvalue weighted by molar-refractivity contribution is -0.131. The van der Waals surface area contributed by atoms with E-state index in [4.69, 9.17) is 10.00 Å². The van der Waals surface area contributed by atoms with E-state index in [1.807, 2.05) is 30.0 Å². The van der Waals surface area contributed by atoms with Gasteiger partial charge in [0.25, 0.3) is 5.56 Å². The summed E-state index contributed by atoms with van der Waals surface area (Å²) in [6, 6.07) is 11.1. The predicted molar refractivity (Wildman–Crippen MR) is 135 cm³/mol. The molecular weight excluding hydrogens is 458 g/mol. The number of carbonyl (C=O) groups excluding carboxylic acids is 1. The molecule has 186 valence electrons. The highest BCUT2D eigenvalue weighted by atomic mass is 16.5. The Bertz CT molecular complexity index is 1340. The fraction of sp³-hybridized carbons (Fsp3) is 0.423. The van der Waals surface area contributed by atoms with Crippen LogP contribution in [0.5, 0.6) is 5.75 Å². The topological polar surface area (TPSA) is 127 Å². The van der Waals surface area contributed by atoms with Gasteiger partial charge >= 0.3 is 0 Å². The van der Waals surface area contributed by atoms with Crippen molar-refractivity contribution >= 4 is 22.5 Å². The van der Waals surface area contributed by atoms with E-state index in [1.165, 1.54) is 0 Å². The van der Waals surface area contributed by atoms with E-state index in [0.29, 0.717) is 55.8 Å². The van der Waals surface area contributed by atoms with Crippen LogP contribution in [0.1, 0.15) is 37.4 Å². The number of hydrogen-bond donors (Lipinski definition) is 2. The molecule has 1 aliphatic carbocycles. The zero-order valence-electron chi connectivity index (χ0n) is 20.2. The number of nitriles is 1. The van der Waals surface area contributed by atoms with E-state index in [0.717, 1.165) is 29.8 Å². The first-order valence-electron chi connectivity index (χ1n) is 12.3. The minimum atomic E-state index is -0.231. The van der Waals surface area contributed by atoms with Crippen molar-refractivity contribution in [1.82, 2.24) is 25.4 Å². The maximum Gasteiger partial charge on any atom is 0.272 e. The Morgan fingerprint density at radius 2 is 2.03 bits per heavy atom. The van der Waals surface area contributed by atoms with Gasteiger partial charge in [-0.2, -0.15) is 10.4 Å². The SMILES string of the molecule is CC(CC(=O)N1CCN(c2ccc(C#N)cn2)CC1)NCc1n[nH]c(=O)c2ccc(OC3CC3)cc12. The summed E-state index contributed by atoms with van der Waals surface area (Å²) in [4.78, 5) is 33.5. The molecule has 2 aromatic heterocycles.